The molecule has 1 unspecified atom stereocenters. The zero-order chi connectivity index (χ0) is 16.0. The van der Waals surface area contributed by atoms with Crippen LogP contribution in [0.4, 0.5) is 5.82 Å². The van der Waals surface area contributed by atoms with Gasteiger partial charge in [-0.3, -0.25) is 4.79 Å². The molecule has 2 N–H and O–H groups in total. The molecule has 1 aromatic heterocycles. The standard InChI is InChI=1S/C15H25ClN4O/c1-10(2)6-12(9-20(4)5)19-15(21)11-7-13(16)14(17-3)18-8-11/h7-8,10,12H,6,9H2,1-5H3,(H,17,18)(H,19,21). The molecule has 1 rings (SSSR count). The Kier molecular flexibility index (Phi) is 6.92. The van der Waals surface area contributed by atoms with Gasteiger partial charge in [0.05, 0.1) is 10.6 Å². The van der Waals surface area contributed by atoms with Crippen LogP contribution in [0.2, 0.25) is 5.02 Å². The molecule has 0 radical (unpaired) electrons. The summed E-state index contributed by atoms with van der Waals surface area (Å²) >= 11 is 6.07. The molecule has 0 fully saturated rings. The van der Waals surface area contributed by atoms with Gasteiger partial charge in [0.15, 0.2) is 0 Å². The number of likely N-dealkylation sites (N-methyl/N-ethyl adjacent to an activating group) is 1. The van der Waals surface area contributed by atoms with E-state index in [-0.39, 0.29) is 11.9 Å². The lowest BCUT2D eigenvalue weighted by molar-refractivity contribution is 0.0924. The Hall–Kier alpha value is -1.33. The van der Waals surface area contributed by atoms with E-state index in [1.807, 2.05) is 14.1 Å². The molecule has 1 aromatic rings. The lowest BCUT2D eigenvalue weighted by atomic mass is 10.0. The van der Waals surface area contributed by atoms with Crippen LogP contribution >= 0.6 is 11.6 Å². The summed E-state index contributed by atoms with van der Waals surface area (Å²) in [6.07, 6.45) is 2.47. The average Bonchev–Trinajstić information content (AvgIpc) is 2.36. The highest BCUT2D eigenvalue weighted by atomic mass is 35.5. The van der Waals surface area contributed by atoms with E-state index >= 15 is 0 Å². The van der Waals surface area contributed by atoms with Crippen molar-refractivity contribution in [3.8, 4) is 0 Å². The van der Waals surface area contributed by atoms with Crippen molar-refractivity contribution in [1.29, 1.82) is 0 Å². The molecule has 1 heterocycles. The summed E-state index contributed by atoms with van der Waals surface area (Å²) in [6.45, 7) is 5.10. The zero-order valence-corrected chi connectivity index (χ0v) is 14.2. The minimum atomic E-state index is -0.139. The van der Waals surface area contributed by atoms with Crippen LogP contribution in [-0.4, -0.2) is 49.5 Å². The van der Waals surface area contributed by atoms with Gasteiger partial charge in [0, 0.05) is 25.8 Å². The summed E-state index contributed by atoms with van der Waals surface area (Å²) in [6, 6.07) is 1.74. The summed E-state index contributed by atoms with van der Waals surface area (Å²) in [5.41, 5.74) is 0.478. The van der Waals surface area contributed by atoms with E-state index in [2.05, 4.69) is 34.4 Å². The zero-order valence-electron chi connectivity index (χ0n) is 13.4. The summed E-state index contributed by atoms with van der Waals surface area (Å²) < 4.78 is 0. The quantitative estimate of drug-likeness (QED) is 0.812. The summed E-state index contributed by atoms with van der Waals surface area (Å²) in [5.74, 6) is 0.948. The predicted molar refractivity (Wildman–Crippen MR) is 88.1 cm³/mol. The maximum atomic E-state index is 12.3. The summed E-state index contributed by atoms with van der Waals surface area (Å²) in [5, 5.41) is 6.38. The average molecular weight is 313 g/mol. The van der Waals surface area contributed by atoms with Crippen molar-refractivity contribution in [1.82, 2.24) is 15.2 Å². The number of aromatic nitrogens is 1. The fourth-order valence-electron chi connectivity index (χ4n) is 2.20. The maximum absolute atomic E-state index is 12.3. The number of pyridine rings is 1. The number of hydrogen-bond acceptors (Lipinski definition) is 4. The van der Waals surface area contributed by atoms with Crippen LogP contribution in [-0.2, 0) is 0 Å². The van der Waals surface area contributed by atoms with Crippen LogP contribution in [0.1, 0.15) is 30.6 Å². The maximum Gasteiger partial charge on any atom is 0.253 e. The number of rotatable bonds is 7. The lowest BCUT2D eigenvalue weighted by Crippen LogP contribution is -2.42. The van der Waals surface area contributed by atoms with Crippen molar-refractivity contribution in [2.24, 2.45) is 5.92 Å². The van der Waals surface area contributed by atoms with Gasteiger partial charge in [-0.05, 0) is 32.5 Å². The van der Waals surface area contributed by atoms with Crippen molar-refractivity contribution in [2.45, 2.75) is 26.3 Å². The van der Waals surface area contributed by atoms with Crippen LogP contribution in [0.3, 0.4) is 0 Å². The second kappa shape index (κ2) is 8.20. The van der Waals surface area contributed by atoms with Crippen LogP contribution in [0.25, 0.3) is 0 Å². The van der Waals surface area contributed by atoms with E-state index < -0.39 is 0 Å². The number of hydrogen-bond donors (Lipinski definition) is 2. The van der Waals surface area contributed by atoms with Crippen LogP contribution < -0.4 is 10.6 Å². The van der Waals surface area contributed by atoms with Crippen molar-refractivity contribution < 1.29 is 4.79 Å². The van der Waals surface area contributed by atoms with Crippen molar-refractivity contribution in [3.05, 3.63) is 22.8 Å². The Morgan fingerprint density at radius 1 is 1.43 bits per heavy atom. The van der Waals surface area contributed by atoms with Crippen molar-refractivity contribution in [2.75, 3.05) is 33.0 Å². The molecule has 0 aliphatic rings. The van der Waals surface area contributed by atoms with E-state index in [9.17, 15) is 4.79 Å². The Labute approximate surface area is 132 Å². The van der Waals surface area contributed by atoms with Crippen LogP contribution in [0.15, 0.2) is 12.3 Å². The number of amides is 1. The first kappa shape index (κ1) is 17.7. The number of halogens is 1. The first-order valence-electron chi connectivity index (χ1n) is 7.12. The van der Waals surface area contributed by atoms with Gasteiger partial charge >= 0.3 is 0 Å². The number of nitrogens with one attached hydrogen (secondary N) is 2. The molecule has 1 atom stereocenters. The second-order valence-corrected chi connectivity index (χ2v) is 6.27. The van der Waals surface area contributed by atoms with E-state index in [0.717, 1.165) is 13.0 Å². The number of anilines is 1. The largest absolute Gasteiger partial charge is 0.372 e. The van der Waals surface area contributed by atoms with E-state index in [1.54, 1.807) is 13.1 Å². The highest BCUT2D eigenvalue weighted by Crippen LogP contribution is 2.19. The summed E-state index contributed by atoms with van der Waals surface area (Å²) in [4.78, 5) is 18.5. The van der Waals surface area contributed by atoms with Gasteiger partial charge < -0.3 is 15.5 Å². The summed E-state index contributed by atoms with van der Waals surface area (Å²) in [7, 11) is 5.74. The van der Waals surface area contributed by atoms with Crippen molar-refractivity contribution in [3.63, 3.8) is 0 Å². The second-order valence-electron chi connectivity index (χ2n) is 5.87. The van der Waals surface area contributed by atoms with Crippen LogP contribution in [0.5, 0.6) is 0 Å². The fraction of sp³-hybridized carbons (Fsp3) is 0.600. The van der Waals surface area contributed by atoms with E-state index in [1.165, 1.54) is 6.20 Å². The van der Waals surface area contributed by atoms with E-state index in [0.29, 0.717) is 22.3 Å². The molecule has 0 aliphatic carbocycles. The fourth-order valence-corrected chi connectivity index (χ4v) is 2.46. The molecule has 6 heteroatoms. The predicted octanol–water partition coefficient (Wildman–Crippen LogP) is 2.48. The third kappa shape index (κ3) is 5.89. The molecule has 5 nitrogen and oxygen atoms in total. The van der Waals surface area contributed by atoms with Gasteiger partial charge in [0.1, 0.15) is 5.82 Å². The molecule has 0 aliphatic heterocycles. The van der Waals surface area contributed by atoms with Gasteiger partial charge in [0.25, 0.3) is 5.91 Å². The number of carbonyl (C=O) groups is 1. The van der Waals surface area contributed by atoms with Gasteiger partial charge in [-0.2, -0.15) is 0 Å². The Morgan fingerprint density at radius 2 is 2.10 bits per heavy atom. The molecule has 0 bridgehead atoms. The van der Waals surface area contributed by atoms with Gasteiger partial charge in [0.2, 0.25) is 0 Å². The van der Waals surface area contributed by atoms with E-state index in [4.69, 9.17) is 11.6 Å². The monoisotopic (exact) mass is 312 g/mol. The minimum absolute atomic E-state index is 0.107. The highest BCUT2D eigenvalue weighted by molar-refractivity contribution is 6.33. The SMILES string of the molecule is CNc1ncc(C(=O)NC(CC(C)C)CN(C)C)cc1Cl. The Morgan fingerprint density at radius 3 is 2.57 bits per heavy atom. The third-order valence-electron chi connectivity index (χ3n) is 3.02. The molecule has 0 spiro atoms. The smallest absolute Gasteiger partial charge is 0.253 e. The molecule has 0 saturated heterocycles. The van der Waals surface area contributed by atoms with Crippen molar-refractivity contribution >= 4 is 23.3 Å². The minimum Gasteiger partial charge on any atom is -0.372 e. The molecular formula is C15H25ClN4O. The Balaban J connectivity index is 2.78. The lowest BCUT2D eigenvalue weighted by Gasteiger charge is -2.24. The Bertz CT molecular complexity index is 467. The first-order valence-corrected chi connectivity index (χ1v) is 7.50. The third-order valence-corrected chi connectivity index (χ3v) is 3.30. The highest BCUT2D eigenvalue weighted by Gasteiger charge is 2.17. The first-order chi connectivity index (χ1) is 9.83. The molecule has 21 heavy (non-hydrogen) atoms. The molecular weight excluding hydrogens is 288 g/mol. The van der Waals surface area contributed by atoms with Gasteiger partial charge in [-0.25, -0.2) is 4.98 Å². The number of nitrogens with zero attached hydrogens (tertiary/aromatic N) is 2. The van der Waals surface area contributed by atoms with Crippen LogP contribution in [0, 0.1) is 5.92 Å². The van der Waals surface area contributed by atoms with Gasteiger partial charge in [-0.1, -0.05) is 25.4 Å². The normalized spacial score (nSPS) is 12.6. The topological polar surface area (TPSA) is 57.3 Å². The molecule has 118 valence electrons. The molecule has 1 amide bonds. The number of carbonyl (C=O) groups excluding carboxylic acids is 1. The van der Waals surface area contributed by atoms with Gasteiger partial charge in [-0.15, -0.1) is 0 Å². The molecule has 0 saturated carbocycles. The molecule has 0 aromatic carbocycles.